The third-order valence-electron chi connectivity index (χ3n) is 4.10. The lowest BCUT2D eigenvalue weighted by Crippen LogP contribution is -2.37. The number of likely N-dealkylation sites (tertiary alicyclic amines) is 1. The van der Waals surface area contributed by atoms with E-state index < -0.39 is 0 Å². The van der Waals surface area contributed by atoms with E-state index >= 15 is 0 Å². The van der Waals surface area contributed by atoms with Gasteiger partial charge >= 0.3 is 0 Å². The number of piperidine rings is 1. The van der Waals surface area contributed by atoms with Gasteiger partial charge in [-0.25, -0.2) is 0 Å². The van der Waals surface area contributed by atoms with Crippen molar-refractivity contribution >= 4 is 38.9 Å². The molecular formula is C16H18ClNO2S. The van der Waals surface area contributed by atoms with E-state index in [-0.39, 0.29) is 5.91 Å². The Bertz CT molecular complexity index is 674. The molecule has 0 unspecified atom stereocenters. The van der Waals surface area contributed by atoms with Crippen LogP contribution in [0.5, 0.6) is 5.75 Å². The summed E-state index contributed by atoms with van der Waals surface area (Å²) in [4.78, 5) is 15.2. The number of ether oxygens (including phenoxy) is 1. The SMILES string of the molecule is COc1ccc2sc(C(=O)N3CCC(C)CC3)c(Cl)c2c1. The number of rotatable bonds is 2. The number of methoxy groups -OCH3 is 1. The summed E-state index contributed by atoms with van der Waals surface area (Å²) in [6.45, 7) is 3.89. The van der Waals surface area contributed by atoms with E-state index in [0.29, 0.717) is 15.8 Å². The van der Waals surface area contributed by atoms with Crippen molar-refractivity contribution in [3.63, 3.8) is 0 Å². The van der Waals surface area contributed by atoms with E-state index in [0.717, 1.165) is 41.8 Å². The molecule has 1 aliphatic rings. The minimum Gasteiger partial charge on any atom is -0.497 e. The molecule has 0 N–H and O–H groups in total. The molecule has 1 fully saturated rings. The number of halogens is 1. The van der Waals surface area contributed by atoms with Gasteiger partial charge < -0.3 is 9.64 Å². The molecule has 3 rings (SSSR count). The van der Waals surface area contributed by atoms with Crippen molar-refractivity contribution in [3.05, 3.63) is 28.1 Å². The number of thiophene rings is 1. The fraction of sp³-hybridized carbons (Fsp3) is 0.438. The number of carbonyl (C=O) groups excluding carboxylic acids is 1. The average Bonchev–Trinajstić information content (AvgIpc) is 2.84. The average molecular weight is 324 g/mol. The number of hydrogen-bond donors (Lipinski definition) is 0. The normalized spacial score (nSPS) is 16.4. The van der Waals surface area contributed by atoms with Crippen molar-refractivity contribution in [2.75, 3.05) is 20.2 Å². The molecule has 1 saturated heterocycles. The number of hydrogen-bond acceptors (Lipinski definition) is 3. The number of amides is 1. The van der Waals surface area contributed by atoms with Gasteiger partial charge in [0.25, 0.3) is 5.91 Å². The summed E-state index contributed by atoms with van der Waals surface area (Å²) >= 11 is 7.90. The molecule has 0 spiro atoms. The molecule has 112 valence electrons. The number of carbonyl (C=O) groups is 1. The summed E-state index contributed by atoms with van der Waals surface area (Å²) in [6, 6.07) is 5.75. The first-order chi connectivity index (χ1) is 10.1. The van der Waals surface area contributed by atoms with Crippen molar-refractivity contribution in [1.29, 1.82) is 0 Å². The Hall–Kier alpha value is -1.26. The third-order valence-corrected chi connectivity index (χ3v) is 5.76. The van der Waals surface area contributed by atoms with Gasteiger partial charge in [0, 0.05) is 23.2 Å². The van der Waals surface area contributed by atoms with Gasteiger partial charge in [0.05, 0.1) is 12.1 Å². The standard InChI is InChI=1S/C16H18ClNO2S/c1-10-5-7-18(8-6-10)16(19)15-14(17)12-9-11(20-2)3-4-13(12)21-15/h3-4,9-10H,5-8H2,1-2H3. The van der Waals surface area contributed by atoms with Crippen LogP contribution in [-0.2, 0) is 0 Å². The van der Waals surface area contributed by atoms with Gasteiger partial charge in [0.1, 0.15) is 10.6 Å². The second-order valence-electron chi connectivity index (χ2n) is 5.58. The van der Waals surface area contributed by atoms with E-state index in [1.807, 2.05) is 23.1 Å². The van der Waals surface area contributed by atoms with Crippen LogP contribution in [0, 0.1) is 5.92 Å². The zero-order chi connectivity index (χ0) is 15.0. The molecule has 2 aromatic rings. The Balaban J connectivity index is 1.93. The molecule has 1 aliphatic heterocycles. The van der Waals surface area contributed by atoms with Gasteiger partial charge in [-0.15, -0.1) is 11.3 Å². The van der Waals surface area contributed by atoms with E-state index in [1.165, 1.54) is 11.3 Å². The smallest absolute Gasteiger partial charge is 0.265 e. The number of nitrogens with zero attached hydrogens (tertiary/aromatic N) is 1. The van der Waals surface area contributed by atoms with Gasteiger partial charge in [-0.2, -0.15) is 0 Å². The van der Waals surface area contributed by atoms with Crippen LogP contribution in [0.3, 0.4) is 0 Å². The Kier molecular flexibility index (Phi) is 4.09. The highest BCUT2D eigenvalue weighted by atomic mass is 35.5. The summed E-state index contributed by atoms with van der Waals surface area (Å²) in [5.41, 5.74) is 0. The van der Waals surface area contributed by atoms with E-state index in [2.05, 4.69) is 6.92 Å². The molecule has 0 saturated carbocycles. The topological polar surface area (TPSA) is 29.5 Å². The first-order valence-corrected chi connectivity index (χ1v) is 8.35. The number of benzene rings is 1. The lowest BCUT2D eigenvalue weighted by molar-refractivity contribution is 0.0702. The van der Waals surface area contributed by atoms with Crippen molar-refractivity contribution in [1.82, 2.24) is 4.90 Å². The molecule has 0 radical (unpaired) electrons. The highest BCUT2D eigenvalue weighted by Crippen LogP contribution is 2.38. The van der Waals surface area contributed by atoms with Crippen LogP contribution >= 0.6 is 22.9 Å². The maximum absolute atomic E-state index is 12.7. The van der Waals surface area contributed by atoms with Crippen LogP contribution in [0.15, 0.2) is 18.2 Å². The van der Waals surface area contributed by atoms with Crippen LogP contribution in [0.1, 0.15) is 29.4 Å². The Morgan fingerprint density at radius 2 is 2.10 bits per heavy atom. The summed E-state index contributed by atoms with van der Waals surface area (Å²) in [5.74, 6) is 1.52. The molecule has 1 aromatic heterocycles. The summed E-state index contributed by atoms with van der Waals surface area (Å²) < 4.78 is 6.25. The fourth-order valence-electron chi connectivity index (χ4n) is 2.67. The third kappa shape index (κ3) is 2.74. The van der Waals surface area contributed by atoms with E-state index in [4.69, 9.17) is 16.3 Å². The molecule has 0 atom stereocenters. The van der Waals surface area contributed by atoms with Gasteiger partial charge in [-0.3, -0.25) is 4.79 Å². The van der Waals surface area contributed by atoms with Crippen LogP contribution in [0.25, 0.3) is 10.1 Å². The van der Waals surface area contributed by atoms with Crippen molar-refractivity contribution < 1.29 is 9.53 Å². The predicted molar refractivity (Wildman–Crippen MR) is 87.7 cm³/mol. The van der Waals surface area contributed by atoms with Gasteiger partial charge in [-0.1, -0.05) is 18.5 Å². The summed E-state index contributed by atoms with van der Waals surface area (Å²) in [6.07, 6.45) is 2.14. The van der Waals surface area contributed by atoms with E-state index in [1.54, 1.807) is 7.11 Å². The molecule has 21 heavy (non-hydrogen) atoms. The second kappa shape index (κ2) is 5.85. The minimum atomic E-state index is 0.0621. The summed E-state index contributed by atoms with van der Waals surface area (Å²) in [7, 11) is 1.63. The highest BCUT2D eigenvalue weighted by molar-refractivity contribution is 7.21. The monoisotopic (exact) mass is 323 g/mol. The zero-order valence-corrected chi connectivity index (χ0v) is 13.8. The first kappa shape index (κ1) is 14.7. The fourth-order valence-corrected chi connectivity index (χ4v) is 4.12. The molecule has 0 aliphatic carbocycles. The molecular weight excluding hydrogens is 306 g/mol. The Labute approximate surface area is 133 Å². The Morgan fingerprint density at radius 1 is 1.38 bits per heavy atom. The Morgan fingerprint density at radius 3 is 2.76 bits per heavy atom. The lowest BCUT2D eigenvalue weighted by Gasteiger charge is -2.30. The maximum Gasteiger partial charge on any atom is 0.265 e. The predicted octanol–water partition coefficient (Wildman–Crippen LogP) is 4.44. The van der Waals surface area contributed by atoms with Crippen molar-refractivity contribution in [3.8, 4) is 5.75 Å². The van der Waals surface area contributed by atoms with Gasteiger partial charge in [0.2, 0.25) is 0 Å². The van der Waals surface area contributed by atoms with Crippen molar-refractivity contribution in [2.24, 2.45) is 5.92 Å². The molecule has 2 heterocycles. The minimum absolute atomic E-state index is 0.0621. The van der Waals surface area contributed by atoms with Gasteiger partial charge in [0.15, 0.2) is 0 Å². The number of fused-ring (bicyclic) bond motifs is 1. The first-order valence-electron chi connectivity index (χ1n) is 7.15. The molecule has 5 heteroatoms. The van der Waals surface area contributed by atoms with E-state index in [9.17, 15) is 4.79 Å². The zero-order valence-electron chi connectivity index (χ0n) is 12.2. The summed E-state index contributed by atoms with van der Waals surface area (Å²) in [5, 5.41) is 1.45. The molecule has 0 bridgehead atoms. The second-order valence-corrected chi connectivity index (χ2v) is 7.01. The lowest BCUT2D eigenvalue weighted by atomic mass is 9.99. The van der Waals surface area contributed by atoms with Crippen LogP contribution < -0.4 is 4.74 Å². The maximum atomic E-state index is 12.7. The largest absolute Gasteiger partial charge is 0.497 e. The van der Waals surface area contributed by atoms with Gasteiger partial charge in [-0.05, 0) is 37.0 Å². The molecule has 1 aromatic carbocycles. The highest BCUT2D eigenvalue weighted by Gasteiger charge is 2.25. The van der Waals surface area contributed by atoms with Crippen LogP contribution in [0.2, 0.25) is 5.02 Å². The quantitative estimate of drug-likeness (QED) is 0.818. The van der Waals surface area contributed by atoms with Crippen molar-refractivity contribution in [2.45, 2.75) is 19.8 Å². The van der Waals surface area contributed by atoms with Crippen LogP contribution in [0.4, 0.5) is 0 Å². The molecule has 3 nitrogen and oxygen atoms in total. The van der Waals surface area contributed by atoms with Crippen LogP contribution in [-0.4, -0.2) is 31.0 Å². The molecule has 1 amide bonds.